The summed E-state index contributed by atoms with van der Waals surface area (Å²) in [4.78, 5) is 12.5. The first-order valence-corrected chi connectivity index (χ1v) is 8.93. The van der Waals surface area contributed by atoms with Gasteiger partial charge in [-0.15, -0.1) is 12.3 Å². The van der Waals surface area contributed by atoms with E-state index in [1.165, 1.54) is 0 Å². The summed E-state index contributed by atoms with van der Waals surface area (Å²) in [5, 5.41) is 25.9. The highest BCUT2D eigenvalue weighted by molar-refractivity contribution is 5.84. The number of terminal acetylenes is 1. The average molecular weight is 366 g/mol. The van der Waals surface area contributed by atoms with Crippen molar-refractivity contribution < 1.29 is 4.79 Å². The van der Waals surface area contributed by atoms with Crippen molar-refractivity contribution in [3.8, 4) is 18.0 Å². The van der Waals surface area contributed by atoms with E-state index in [9.17, 15) is 4.79 Å². The molecule has 0 aliphatic carbocycles. The number of hydrogen-bond acceptors (Lipinski definition) is 7. The minimum atomic E-state index is -0.451. The number of anilines is 1. The van der Waals surface area contributed by atoms with E-state index >= 15 is 0 Å². The van der Waals surface area contributed by atoms with Gasteiger partial charge in [-0.3, -0.25) is 4.79 Å². The Morgan fingerprint density at radius 1 is 1.30 bits per heavy atom. The Labute approximate surface area is 157 Å². The lowest BCUT2D eigenvalue weighted by molar-refractivity contribution is -0.121. The smallest absolute Gasteiger partial charge is 0.248 e. The number of nitrogens with zero attached hydrogens (tertiary/aromatic N) is 6. The van der Waals surface area contributed by atoms with Crippen molar-refractivity contribution in [1.29, 1.82) is 0 Å². The van der Waals surface area contributed by atoms with Crippen molar-refractivity contribution in [2.45, 2.75) is 44.3 Å². The van der Waals surface area contributed by atoms with Crippen LogP contribution in [0.15, 0.2) is 40.6 Å². The summed E-state index contributed by atoms with van der Waals surface area (Å²) in [6.45, 7) is 2.41. The third kappa shape index (κ3) is 4.67. The molecule has 0 spiro atoms. The van der Waals surface area contributed by atoms with Crippen LogP contribution in [0.25, 0.3) is 5.69 Å². The fourth-order valence-corrected chi connectivity index (χ4v) is 2.71. The molecule has 9 nitrogen and oxygen atoms in total. The van der Waals surface area contributed by atoms with Crippen molar-refractivity contribution in [2.24, 2.45) is 10.2 Å². The molecule has 3 rings (SSSR count). The number of tetrazole rings is 1. The Morgan fingerprint density at radius 2 is 2.07 bits per heavy atom. The lowest BCUT2D eigenvalue weighted by Gasteiger charge is -2.18. The van der Waals surface area contributed by atoms with E-state index in [4.69, 9.17) is 6.42 Å². The molecule has 0 radical (unpaired) electrons. The number of benzene rings is 1. The molecule has 1 aromatic carbocycles. The van der Waals surface area contributed by atoms with E-state index < -0.39 is 11.7 Å². The summed E-state index contributed by atoms with van der Waals surface area (Å²) in [6.07, 6.45) is 7.88. The van der Waals surface area contributed by atoms with Crippen molar-refractivity contribution in [1.82, 2.24) is 25.5 Å². The summed E-state index contributed by atoms with van der Waals surface area (Å²) in [6, 6.07) is 9.04. The monoisotopic (exact) mass is 366 g/mol. The summed E-state index contributed by atoms with van der Waals surface area (Å²) < 4.78 is 1.56. The molecule has 27 heavy (non-hydrogen) atoms. The Hall–Kier alpha value is -3.28. The maximum absolute atomic E-state index is 12.5. The van der Waals surface area contributed by atoms with Crippen molar-refractivity contribution in [3.05, 3.63) is 30.3 Å². The predicted molar refractivity (Wildman–Crippen MR) is 100 cm³/mol. The minimum Gasteiger partial charge on any atom is -0.354 e. The fraction of sp³-hybridized carbons (Fsp3) is 0.444. The van der Waals surface area contributed by atoms with Crippen LogP contribution < -0.4 is 10.6 Å². The SMILES string of the molecule is C#CCCC1(CCNC(=O)C(CC)Nc2nnnn2-c2ccccc2)N=N1. The molecule has 0 saturated heterocycles. The van der Waals surface area contributed by atoms with Crippen molar-refractivity contribution >= 4 is 11.9 Å². The van der Waals surface area contributed by atoms with Crippen LogP contribution in [0, 0.1) is 12.3 Å². The number of hydrogen-bond donors (Lipinski definition) is 2. The molecule has 2 aromatic rings. The normalized spacial score (nSPS) is 15.0. The Kier molecular flexibility index (Phi) is 5.76. The second-order valence-electron chi connectivity index (χ2n) is 6.28. The molecule has 2 N–H and O–H groups in total. The van der Waals surface area contributed by atoms with E-state index in [-0.39, 0.29) is 5.91 Å². The second-order valence-corrected chi connectivity index (χ2v) is 6.28. The highest BCUT2D eigenvalue weighted by Crippen LogP contribution is 2.36. The van der Waals surface area contributed by atoms with Crippen LogP contribution >= 0.6 is 0 Å². The van der Waals surface area contributed by atoms with E-state index in [2.05, 4.69) is 42.3 Å². The Morgan fingerprint density at radius 3 is 2.74 bits per heavy atom. The van der Waals surface area contributed by atoms with Gasteiger partial charge >= 0.3 is 0 Å². The molecule has 1 unspecified atom stereocenters. The largest absolute Gasteiger partial charge is 0.354 e. The molecule has 0 saturated carbocycles. The Bertz CT molecular complexity index is 833. The van der Waals surface area contributed by atoms with Gasteiger partial charge in [-0.25, -0.2) is 0 Å². The molecular weight excluding hydrogens is 344 g/mol. The molecule has 1 aliphatic heterocycles. The predicted octanol–water partition coefficient (Wildman–Crippen LogP) is 1.93. The van der Waals surface area contributed by atoms with Gasteiger partial charge in [-0.2, -0.15) is 14.9 Å². The van der Waals surface area contributed by atoms with Gasteiger partial charge < -0.3 is 10.6 Å². The van der Waals surface area contributed by atoms with Gasteiger partial charge in [0.2, 0.25) is 11.9 Å². The number of carbonyl (C=O) groups is 1. The highest BCUT2D eigenvalue weighted by Gasteiger charge is 2.38. The highest BCUT2D eigenvalue weighted by atomic mass is 16.2. The van der Waals surface area contributed by atoms with Gasteiger partial charge in [0, 0.05) is 25.8 Å². The zero-order valence-corrected chi connectivity index (χ0v) is 15.2. The third-order valence-corrected chi connectivity index (χ3v) is 4.38. The van der Waals surface area contributed by atoms with Crippen molar-refractivity contribution in [2.75, 3.05) is 11.9 Å². The summed E-state index contributed by atoms with van der Waals surface area (Å²) >= 11 is 0. The zero-order chi connectivity index (χ0) is 19.1. The molecule has 1 amide bonds. The molecule has 0 fully saturated rings. The number of para-hydroxylation sites is 1. The zero-order valence-electron chi connectivity index (χ0n) is 15.2. The first kappa shape index (κ1) is 18.5. The lowest BCUT2D eigenvalue weighted by atomic mass is 10.0. The van der Waals surface area contributed by atoms with Gasteiger partial charge in [0.15, 0.2) is 5.66 Å². The molecule has 0 bridgehead atoms. The molecule has 1 aliphatic rings. The second kappa shape index (κ2) is 8.40. The molecule has 9 heteroatoms. The van der Waals surface area contributed by atoms with Crippen LogP contribution in [-0.2, 0) is 4.79 Å². The van der Waals surface area contributed by atoms with Gasteiger partial charge in [0.05, 0.1) is 5.69 Å². The first-order chi connectivity index (χ1) is 13.2. The maximum atomic E-state index is 12.5. The lowest BCUT2D eigenvalue weighted by Crippen LogP contribution is -2.41. The van der Waals surface area contributed by atoms with Crippen molar-refractivity contribution in [3.63, 3.8) is 0 Å². The third-order valence-electron chi connectivity index (χ3n) is 4.38. The van der Waals surface area contributed by atoms with Gasteiger partial charge in [0.25, 0.3) is 0 Å². The van der Waals surface area contributed by atoms with Crippen LogP contribution in [0.2, 0.25) is 0 Å². The summed E-state index contributed by atoms with van der Waals surface area (Å²) in [5.41, 5.74) is 0.416. The van der Waals surface area contributed by atoms with E-state index in [1.54, 1.807) is 4.68 Å². The van der Waals surface area contributed by atoms with E-state index in [0.29, 0.717) is 31.8 Å². The number of nitrogens with one attached hydrogen (secondary N) is 2. The Balaban J connectivity index is 1.54. The maximum Gasteiger partial charge on any atom is 0.248 e. The van der Waals surface area contributed by atoms with Crippen LogP contribution in [-0.4, -0.2) is 44.4 Å². The van der Waals surface area contributed by atoms with Gasteiger partial charge in [-0.1, -0.05) is 30.2 Å². The number of carbonyl (C=O) groups excluding carboxylic acids is 1. The van der Waals surface area contributed by atoms with E-state index in [0.717, 1.165) is 12.1 Å². The molecular formula is C18H22N8O. The first-order valence-electron chi connectivity index (χ1n) is 8.93. The van der Waals surface area contributed by atoms with Gasteiger partial charge in [-0.05, 0) is 29.0 Å². The molecule has 1 atom stereocenters. The topological polar surface area (TPSA) is 109 Å². The molecule has 140 valence electrons. The number of aromatic nitrogens is 4. The molecule has 2 heterocycles. The van der Waals surface area contributed by atoms with Gasteiger partial charge in [0.1, 0.15) is 6.04 Å². The fourth-order valence-electron chi connectivity index (χ4n) is 2.71. The summed E-state index contributed by atoms with van der Waals surface area (Å²) in [7, 11) is 0. The standard InChI is InChI=1S/C18H22N8O/c1-3-5-11-18(22-23-18)12-13-19-16(27)15(4-2)20-17-21-24-25-26(17)14-9-7-6-8-10-14/h1,6-10,15H,4-5,11-13H2,2H3,(H,19,27)(H,20,21,25). The average Bonchev–Trinajstić information content (AvgIpc) is 3.31. The van der Waals surface area contributed by atoms with Crippen LogP contribution in [0.1, 0.15) is 32.6 Å². The quantitative estimate of drug-likeness (QED) is 0.625. The minimum absolute atomic E-state index is 0.118. The number of amides is 1. The van der Waals surface area contributed by atoms with E-state index in [1.807, 2.05) is 37.3 Å². The number of rotatable bonds is 10. The van der Waals surface area contributed by atoms with Crippen LogP contribution in [0.5, 0.6) is 0 Å². The van der Waals surface area contributed by atoms with Crippen LogP contribution in [0.4, 0.5) is 5.95 Å². The van der Waals surface area contributed by atoms with Crippen LogP contribution in [0.3, 0.4) is 0 Å². The molecule has 1 aromatic heterocycles. The summed E-state index contributed by atoms with van der Waals surface area (Å²) in [5.74, 6) is 2.90.